The predicted octanol–water partition coefficient (Wildman–Crippen LogP) is 4.57. The smallest absolute Gasteiger partial charge is 0.159 e. The minimum Gasteiger partial charge on any atom is -0.379 e. The summed E-state index contributed by atoms with van der Waals surface area (Å²) in [7, 11) is 0. The molecule has 0 saturated carbocycles. The van der Waals surface area contributed by atoms with Crippen LogP contribution in [0.5, 0.6) is 0 Å². The maximum Gasteiger partial charge on any atom is 0.159 e. The number of hydrogen-bond acceptors (Lipinski definition) is 7. The lowest BCUT2D eigenvalue weighted by molar-refractivity contribution is 0.0181. The third-order valence-corrected chi connectivity index (χ3v) is 7.13. The highest BCUT2D eigenvalue weighted by atomic mass is 16.5. The van der Waals surface area contributed by atoms with Crippen LogP contribution in [0.15, 0.2) is 67.1 Å². The van der Waals surface area contributed by atoms with Gasteiger partial charge in [0.15, 0.2) is 11.5 Å². The van der Waals surface area contributed by atoms with E-state index in [1.807, 2.05) is 42.9 Å². The predicted molar refractivity (Wildman–Crippen MR) is 147 cm³/mol. The molecule has 1 fully saturated rings. The zero-order chi connectivity index (χ0) is 25.3. The summed E-state index contributed by atoms with van der Waals surface area (Å²) in [6, 6.07) is 16.5. The summed E-state index contributed by atoms with van der Waals surface area (Å²) < 4.78 is 11.4. The van der Waals surface area contributed by atoms with Gasteiger partial charge in [0.2, 0.25) is 0 Å². The molecule has 0 spiro atoms. The summed E-state index contributed by atoms with van der Waals surface area (Å²) in [5, 5.41) is 10.8. The Morgan fingerprint density at radius 1 is 0.974 bits per heavy atom. The van der Waals surface area contributed by atoms with Crippen LogP contribution in [0.3, 0.4) is 0 Å². The van der Waals surface area contributed by atoms with Crippen LogP contribution in [0.25, 0.3) is 55.5 Å². The van der Waals surface area contributed by atoms with Gasteiger partial charge >= 0.3 is 0 Å². The Hall–Kier alpha value is -4.18. The van der Waals surface area contributed by atoms with Gasteiger partial charge in [0.25, 0.3) is 0 Å². The monoisotopic (exact) mass is 505 g/mol. The van der Waals surface area contributed by atoms with Crippen molar-refractivity contribution in [1.29, 1.82) is 0 Å². The van der Waals surface area contributed by atoms with Gasteiger partial charge in [-0.2, -0.15) is 5.10 Å². The van der Waals surface area contributed by atoms with Crippen LogP contribution in [0, 0.1) is 0 Å². The van der Waals surface area contributed by atoms with Crippen LogP contribution in [-0.2, 0) is 16.1 Å². The molecule has 38 heavy (non-hydrogen) atoms. The molecule has 0 atom stereocenters. The molecule has 7 rings (SSSR count). The third-order valence-electron chi connectivity index (χ3n) is 7.13. The Morgan fingerprint density at radius 3 is 2.84 bits per heavy atom. The molecule has 2 N–H and O–H groups in total. The lowest BCUT2D eigenvalue weighted by Gasteiger charge is -2.26. The van der Waals surface area contributed by atoms with E-state index in [9.17, 15) is 0 Å². The summed E-state index contributed by atoms with van der Waals surface area (Å²) >= 11 is 0. The number of imidazole rings is 1. The maximum atomic E-state index is 6.03. The fraction of sp³-hybridized carbons (Fsp3) is 0.241. The van der Waals surface area contributed by atoms with Crippen molar-refractivity contribution in [3.8, 4) is 22.6 Å². The number of fused-ring (bicyclic) bond motifs is 3. The zero-order valence-corrected chi connectivity index (χ0v) is 20.9. The van der Waals surface area contributed by atoms with Gasteiger partial charge < -0.3 is 14.5 Å². The highest BCUT2D eigenvalue weighted by Crippen LogP contribution is 2.32. The van der Waals surface area contributed by atoms with Crippen LogP contribution in [0.1, 0.15) is 5.56 Å². The van der Waals surface area contributed by atoms with Gasteiger partial charge in [0.1, 0.15) is 5.69 Å². The van der Waals surface area contributed by atoms with Crippen molar-refractivity contribution >= 4 is 32.8 Å². The highest BCUT2D eigenvalue weighted by Gasteiger charge is 2.17. The number of H-pyrrole nitrogens is 2. The molecule has 9 heteroatoms. The number of morpholine rings is 1. The molecule has 1 saturated heterocycles. The van der Waals surface area contributed by atoms with Crippen LogP contribution in [0.4, 0.5) is 0 Å². The van der Waals surface area contributed by atoms with Gasteiger partial charge in [-0.25, -0.2) is 9.97 Å². The molecule has 0 aliphatic carbocycles. The summed E-state index contributed by atoms with van der Waals surface area (Å²) in [4.78, 5) is 19.9. The molecule has 6 aromatic rings. The van der Waals surface area contributed by atoms with Crippen molar-refractivity contribution in [3.63, 3.8) is 0 Å². The van der Waals surface area contributed by atoms with Crippen molar-refractivity contribution in [3.05, 3.63) is 72.7 Å². The molecule has 1 aliphatic heterocycles. The molecule has 0 bridgehead atoms. The van der Waals surface area contributed by atoms with E-state index in [1.54, 1.807) is 0 Å². The van der Waals surface area contributed by atoms with Crippen LogP contribution < -0.4 is 0 Å². The van der Waals surface area contributed by atoms with Gasteiger partial charge in [0, 0.05) is 60.3 Å². The van der Waals surface area contributed by atoms with Crippen molar-refractivity contribution in [2.24, 2.45) is 0 Å². The largest absolute Gasteiger partial charge is 0.379 e. The Morgan fingerprint density at radius 2 is 1.89 bits per heavy atom. The van der Waals surface area contributed by atoms with Gasteiger partial charge in [-0.05, 0) is 17.5 Å². The van der Waals surface area contributed by atoms with Crippen molar-refractivity contribution in [2.75, 3.05) is 39.5 Å². The number of nitrogens with zero attached hydrogens (tertiary/aromatic N) is 5. The SMILES string of the molecule is c1ccc2c(-c3cnc4[nH]nc(-c5nc6c(COCCN7CCOCC7)cccc6[nH]5)c4c3)cncc2c1. The first kappa shape index (κ1) is 23.0. The molecule has 4 aromatic heterocycles. The van der Waals surface area contributed by atoms with Gasteiger partial charge in [-0.15, -0.1) is 0 Å². The van der Waals surface area contributed by atoms with E-state index >= 15 is 0 Å². The lowest BCUT2D eigenvalue weighted by Crippen LogP contribution is -2.38. The molecular formula is C29H27N7O2. The molecule has 1 aliphatic rings. The summed E-state index contributed by atoms with van der Waals surface area (Å²) in [6.45, 7) is 5.62. The number of ether oxygens (including phenoxy) is 2. The second kappa shape index (κ2) is 9.94. The van der Waals surface area contributed by atoms with Crippen molar-refractivity contribution in [2.45, 2.75) is 6.61 Å². The minimum absolute atomic E-state index is 0.507. The number of aromatic amines is 2. The second-order valence-electron chi connectivity index (χ2n) is 9.51. The number of hydrogen-bond donors (Lipinski definition) is 2. The third kappa shape index (κ3) is 4.30. The standard InChI is InChI=1S/C29H27N7O2/c1-2-6-22-19(4-1)15-30-17-24(22)21-14-23-27(34-35-28(23)31-16-21)29-32-25-7-3-5-20(26(25)33-29)18-38-13-10-36-8-11-37-12-9-36/h1-7,14-17H,8-13,18H2,(H,32,33)(H,31,34,35). The van der Waals surface area contributed by atoms with Crippen molar-refractivity contribution in [1.82, 2.24) is 35.0 Å². The van der Waals surface area contributed by atoms with Gasteiger partial charge in [0.05, 0.1) is 42.8 Å². The van der Waals surface area contributed by atoms with E-state index < -0.39 is 0 Å². The average Bonchev–Trinajstić information content (AvgIpc) is 3.60. The van der Waals surface area contributed by atoms with Crippen molar-refractivity contribution < 1.29 is 9.47 Å². The Kier molecular flexibility index (Phi) is 6.01. The molecule has 2 aromatic carbocycles. The molecule has 0 radical (unpaired) electrons. The number of para-hydroxylation sites is 1. The van der Waals surface area contributed by atoms with Gasteiger partial charge in [-0.3, -0.25) is 15.0 Å². The van der Waals surface area contributed by atoms with E-state index in [0.29, 0.717) is 24.7 Å². The van der Waals surface area contributed by atoms with Crippen LogP contribution >= 0.6 is 0 Å². The fourth-order valence-corrected chi connectivity index (χ4v) is 5.10. The first-order valence-electron chi connectivity index (χ1n) is 12.9. The summed E-state index contributed by atoms with van der Waals surface area (Å²) in [5.74, 6) is 0.696. The highest BCUT2D eigenvalue weighted by molar-refractivity contribution is 5.99. The molecule has 0 amide bonds. The second-order valence-corrected chi connectivity index (χ2v) is 9.51. The normalized spacial score (nSPS) is 14.6. The molecule has 9 nitrogen and oxygen atoms in total. The fourth-order valence-electron chi connectivity index (χ4n) is 5.10. The number of nitrogens with one attached hydrogen (secondary N) is 2. The molecule has 5 heterocycles. The lowest BCUT2D eigenvalue weighted by atomic mass is 10.0. The van der Waals surface area contributed by atoms with Gasteiger partial charge in [-0.1, -0.05) is 36.4 Å². The number of benzene rings is 2. The minimum atomic E-state index is 0.507. The van der Waals surface area contributed by atoms with E-state index in [0.717, 1.165) is 82.4 Å². The Labute approximate surface area is 218 Å². The average molecular weight is 506 g/mol. The van der Waals surface area contributed by atoms with E-state index in [2.05, 4.69) is 54.3 Å². The van der Waals surface area contributed by atoms with E-state index in [4.69, 9.17) is 14.5 Å². The topological polar surface area (TPSA) is 105 Å². The quantitative estimate of drug-likeness (QED) is 0.306. The zero-order valence-electron chi connectivity index (χ0n) is 20.9. The molecule has 190 valence electrons. The Balaban J connectivity index is 1.18. The number of pyridine rings is 2. The van der Waals surface area contributed by atoms with E-state index in [1.165, 1.54) is 0 Å². The first-order chi connectivity index (χ1) is 18.8. The maximum absolute atomic E-state index is 6.03. The van der Waals surface area contributed by atoms with Crippen LogP contribution in [-0.4, -0.2) is 74.5 Å². The number of aromatic nitrogens is 6. The number of rotatable bonds is 7. The Bertz CT molecular complexity index is 1730. The summed E-state index contributed by atoms with van der Waals surface area (Å²) in [5.41, 5.74) is 6.36. The van der Waals surface area contributed by atoms with E-state index in [-0.39, 0.29) is 0 Å². The summed E-state index contributed by atoms with van der Waals surface area (Å²) in [6.07, 6.45) is 5.63. The molecule has 0 unspecified atom stereocenters. The molecular weight excluding hydrogens is 478 g/mol. The first-order valence-corrected chi connectivity index (χ1v) is 12.9. The van der Waals surface area contributed by atoms with Crippen LogP contribution in [0.2, 0.25) is 0 Å².